The van der Waals surface area contributed by atoms with Crippen LogP contribution in [0.1, 0.15) is 38.6 Å². The van der Waals surface area contributed by atoms with E-state index in [1.165, 1.54) is 28.3 Å². The van der Waals surface area contributed by atoms with E-state index >= 15 is 0 Å². The number of hydrogen-bond acceptors (Lipinski definition) is 6. The standard InChI is InChI=1S/C18H14F3N7OS/c1-27-15(24-8-25-27)17(29)28-6-5-10-13(23-7-22-10)14(28)16-26-12-9(18(19,20)21)3-2-4-11(12)30-16/h2-4,7-8,14H,5-6H2,1H3,(H,22,23)/t14-/m0/s1. The van der Waals surface area contributed by atoms with Crippen LogP contribution < -0.4 is 0 Å². The summed E-state index contributed by atoms with van der Waals surface area (Å²) >= 11 is 1.12. The molecule has 3 aromatic heterocycles. The molecule has 0 bridgehead atoms. The maximum atomic E-state index is 13.5. The number of thiazole rings is 1. The molecule has 1 amide bonds. The molecule has 4 heterocycles. The molecule has 1 aliphatic heterocycles. The second-order valence-corrected chi connectivity index (χ2v) is 7.89. The minimum atomic E-state index is -4.52. The molecule has 4 aromatic rings. The summed E-state index contributed by atoms with van der Waals surface area (Å²) in [6.45, 7) is 0.341. The van der Waals surface area contributed by atoms with Crippen molar-refractivity contribution >= 4 is 27.5 Å². The number of aromatic amines is 1. The van der Waals surface area contributed by atoms with Crippen molar-refractivity contribution in [3.8, 4) is 0 Å². The van der Waals surface area contributed by atoms with Gasteiger partial charge in [-0.2, -0.15) is 18.3 Å². The van der Waals surface area contributed by atoms with Crippen molar-refractivity contribution in [1.82, 2.24) is 34.6 Å². The molecule has 0 fully saturated rings. The molecule has 5 rings (SSSR count). The Morgan fingerprint density at radius 3 is 2.87 bits per heavy atom. The van der Waals surface area contributed by atoms with Gasteiger partial charge in [0.05, 0.1) is 27.8 Å². The summed E-state index contributed by atoms with van der Waals surface area (Å²) in [5, 5.41) is 4.30. The highest BCUT2D eigenvalue weighted by Crippen LogP contribution is 2.41. The van der Waals surface area contributed by atoms with Crippen molar-refractivity contribution in [2.75, 3.05) is 6.54 Å². The number of carbonyl (C=O) groups excluding carboxylic acids is 1. The van der Waals surface area contributed by atoms with Crippen molar-refractivity contribution in [2.45, 2.75) is 18.6 Å². The molecule has 0 radical (unpaired) electrons. The first-order valence-corrected chi connectivity index (χ1v) is 9.80. The van der Waals surface area contributed by atoms with Gasteiger partial charge in [0.15, 0.2) is 0 Å². The lowest BCUT2D eigenvalue weighted by atomic mass is 10.0. The van der Waals surface area contributed by atoms with Crippen LogP contribution in [-0.4, -0.2) is 47.1 Å². The third-order valence-electron chi connectivity index (χ3n) is 5.06. The fraction of sp³-hybridized carbons (Fsp3) is 0.278. The highest BCUT2D eigenvalue weighted by Gasteiger charge is 2.39. The number of alkyl halides is 3. The summed E-state index contributed by atoms with van der Waals surface area (Å²) in [5.41, 5.74) is 0.479. The van der Waals surface area contributed by atoms with Gasteiger partial charge in [-0.05, 0) is 12.1 Å². The lowest BCUT2D eigenvalue weighted by molar-refractivity contribution is -0.136. The monoisotopic (exact) mass is 433 g/mol. The van der Waals surface area contributed by atoms with Crippen LogP contribution in [0.4, 0.5) is 13.2 Å². The Morgan fingerprint density at radius 1 is 1.30 bits per heavy atom. The Hall–Kier alpha value is -3.28. The van der Waals surface area contributed by atoms with Crippen LogP contribution in [0.3, 0.4) is 0 Å². The van der Waals surface area contributed by atoms with E-state index in [2.05, 4.69) is 25.0 Å². The minimum absolute atomic E-state index is 0.126. The van der Waals surface area contributed by atoms with E-state index < -0.39 is 17.8 Å². The molecule has 0 aliphatic carbocycles. The zero-order valence-electron chi connectivity index (χ0n) is 15.5. The molecule has 1 aliphatic rings. The van der Waals surface area contributed by atoms with Crippen LogP contribution in [0, 0.1) is 0 Å². The van der Waals surface area contributed by atoms with E-state index in [-0.39, 0.29) is 17.2 Å². The van der Waals surface area contributed by atoms with Gasteiger partial charge < -0.3 is 9.88 Å². The highest BCUT2D eigenvalue weighted by molar-refractivity contribution is 7.18. The average Bonchev–Trinajstić information content (AvgIpc) is 3.43. The van der Waals surface area contributed by atoms with E-state index in [0.29, 0.717) is 28.4 Å². The van der Waals surface area contributed by atoms with Gasteiger partial charge >= 0.3 is 6.18 Å². The highest BCUT2D eigenvalue weighted by atomic mass is 32.1. The van der Waals surface area contributed by atoms with Gasteiger partial charge in [0.2, 0.25) is 5.82 Å². The molecule has 12 heteroatoms. The smallest absolute Gasteiger partial charge is 0.348 e. The van der Waals surface area contributed by atoms with Gasteiger partial charge in [0.25, 0.3) is 5.91 Å². The van der Waals surface area contributed by atoms with Crippen LogP contribution in [0.2, 0.25) is 0 Å². The molecule has 0 saturated carbocycles. The normalized spacial score (nSPS) is 16.8. The van der Waals surface area contributed by atoms with Crippen LogP contribution in [0.25, 0.3) is 10.2 Å². The van der Waals surface area contributed by atoms with Crippen LogP contribution in [-0.2, 0) is 19.6 Å². The number of halogens is 3. The second kappa shape index (κ2) is 6.62. The van der Waals surface area contributed by atoms with Crippen molar-refractivity contribution in [1.29, 1.82) is 0 Å². The van der Waals surface area contributed by atoms with E-state index in [9.17, 15) is 18.0 Å². The maximum Gasteiger partial charge on any atom is 0.418 e. The van der Waals surface area contributed by atoms with Gasteiger partial charge in [0, 0.05) is 25.7 Å². The van der Waals surface area contributed by atoms with Crippen LogP contribution >= 0.6 is 11.3 Å². The molecule has 30 heavy (non-hydrogen) atoms. The summed E-state index contributed by atoms with van der Waals surface area (Å²) < 4.78 is 42.1. The number of nitrogens with zero attached hydrogens (tertiary/aromatic N) is 6. The molecule has 154 valence electrons. The van der Waals surface area contributed by atoms with Crippen molar-refractivity contribution in [2.24, 2.45) is 7.05 Å². The third kappa shape index (κ3) is 2.86. The molecule has 8 nitrogen and oxygen atoms in total. The average molecular weight is 433 g/mol. The van der Waals surface area contributed by atoms with Crippen molar-refractivity contribution < 1.29 is 18.0 Å². The van der Waals surface area contributed by atoms with Crippen molar-refractivity contribution in [3.63, 3.8) is 0 Å². The number of aryl methyl sites for hydroxylation is 1. The SMILES string of the molecule is Cn1ncnc1C(=O)N1CCc2[nH]cnc2[C@H]1c1nc2c(C(F)(F)F)cccc2s1. The first kappa shape index (κ1) is 18.7. The Bertz CT molecular complexity index is 1260. The quantitative estimate of drug-likeness (QED) is 0.525. The van der Waals surface area contributed by atoms with E-state index in [1.807, 2.05) is 0 Å². The van der Waals surface area contributed by atoms with E-state index in [4.69, 9.17) is 0 Å². The predicted molar refractivity (Wildman–Crippen MR) is 101 cm³/mol. The van der Waals surface area contributed by atoms with Gasteiger partial charge in [-0.25, -0.2) is 19.6 Å². The predicted octanol–water partition coefficient (Wildman–Crippen LogP) is 2.95. The van der Waals surface area contributed by atoms with E-state index in [0.717, 1.165) is 23.1 Å². The number of amides is 1. The number of imidazole rings is 1. The molecule has 1 N–H and O–H groups in total. The molecule has 0 saturated heterocycles. The topological polar surface area (TPSA) is 92.6 Å². The fourth-order valence-corrected chi connectivity index (χ4v) is 4.79. The molecule has 1 atom stereocenters. The summed E-state index contributed by atoms with van der Waals surface area (Å²) in [5.74, 6) is -0.250. The van der Waals surface area contributed by atoms with Crippen molar-refractivity contribution in [3.05, 3.63) is 58.6 Å². The van der Waals surface area contributed by atoms with Gasteiger partial charge in [-0.3, -0.25) is 4.79 Å². The number of fused-ring (bicyclic) bond motifs is 2. The number of benzene rings is 1. The number of H-pyrrole nitrogens is 1. The zero-order chi connectivity index (χ0) is 21.0. The number of hydrogen-bond donors (Lipinski definition) is 1. The lowest BCUT2D eigenvalue weighted by Gasteiger charge is -2.33. The first-order valence-electron chi connectivity index (χ1n) is 8.98. The third-order valence-corrected chi connectivity index (χ3v) is 6.14. The number of carbonyl (C=O) groups is 1. The molecule has 1 aromatic carbocycles. The largest absolute Gasteiger partial charge is 0.418 e. The minimum Gasteiger partial charge on any atom is -0.348 e. The molecular formula is C18H14F3N7OS. The Morgan fingerprint density at radius 2 is 2.13 bits per heavy atom. The molecule has 0 spiro atoms. The maximum absolute atomic E-state index is 13.5. The summed E-state index contributed by atoms with van der Waals surface area (Å²) in [6, 6.07) is 3.24. The summed E-state index contributed by atoms with van der Waals surface area (Å²) in [4.78, 5) is 30.5. The number of rotatable bonds is 2. The van der Waals surface area contributed by atoms with Gasteiger partial charge in [0.1, 0.15) is 17.4 Å². The Labute approximate surface area is 171 Å². The second-order valence-electron chi connectivity index (χ2n) is 6.83. The summed E-state index contributed by atoms with van der Waals surface area (Å²) in [7, 11) is 1.60. The summed E-state index contributed by atoms with van der Waals surface area (Å²) in [6.07, 6.45) is -1.20. The van der Waals surface area contributed by atoms with Crippen LogP contribution in [0.5, 0.6) is 0 Å². The van der Waals surface area contributed by atoms with E-state index in [1.54, 1.807) is 13.1 Å². The first-order chi connectivity index (χ1) is 14.3. The fourth-order valence-electron chi connectivity index (χ4n) is 3.68. The number of aromatic nitrogens is 6. The molecular weight excluding hydrogens is 419 g/mol. The molecule has 0 unspecified atom stereocenters. The number of para-hydroxylation sites is 1. The lowest BCUT2D eigenvalue weighted by Crippen LogP contribution is -2.41. The van der Waals surface area contributed by atoms with Gasteiger partial charge in [-0.15, -0.1) is 11.3 Å². The number of nitrogens with one attached hydrogen (secondary N) is 1. The Balaban J connectivity index is 1.66. The zero-order valence-corrected chi connectivity index (χ0v) is 16.3. The van der Waals surface area contributed by atoms with Crippen LogP contribution in [0.15, 0.2) is 30.9 Å². The van der Waals surface area contributed by atoms with Gasteiger partial charge in [-0.1, -0.05) is 6.07 Å². The Kier molecular flexibility index (Phi) is 4.13.